The number of rotatable bonds is 2. The van der Waals surface area contributed by atoms with Gasteiger partial charge in [-0.15, -0.1) is 0 Å². The van der Waals surface area contributed by atoms with Crippen LogP contribution in [0.3, 0.4) is 0 Å². The van der Waals surface area contributed by atoms with Gasteiger partial charge in [0.25, 0.3) is 0 Å². The van der Waals surface area contributed by atoms with Crippen LogP contribution in [0.1, 0.15) is 58.8 Å². The second-order valence-electron chi connectivity index (χ2n) is 5.81. The van der Waals surface area contributed by atoms with E-state index in [1.165, 1.54) is 57.3 Å². The van der Waals surface area contributed by atoms with Crippen molar-refractivity contribution in [3.8, 4) is 0 Å². The van der Waals surface area contributed by atoms with Gasteiger partial charge in [0, 0.05) is 12.3 Å². The molecule has 1 fully saturated rings. The molecule has 0 saturated heterocycles. The summed E-state index contributed by atoms with van der Waals surface area (Å²) in [6.45, 7) is 5.91. The second kappa shape index (κ2) is 7.25. The third-order valence-electron chi connectivity index (χ3n) is 4.23. The molecule has 1 saturated carbocycles. The molecule has 2 aliphatic rings. The molecule has 2 rings (SSSR count). The number of hydrogen-bond donors (Lipinski definition) is 2. The summed E-state index contributed by atoms with van der Waals surface area (Å²) >= 11 is 0. The largest absolute Gasteiger partial charge is 1.00 e. The fourth-order valence-electron chi connectivity index (χ4n) is 3.24. The Hall–Kier alpha value is -0.240. The lowest BCUT2D eigenvalue weighted by molar-refractivity contribution is -0.460. The Balaban J connectivity index is 0.00000144. The molecule has 0 radical (unpaired) electrons. The molecule has 0 aromatic heterocycles. The first-order chi connectivity index (χ1) is 7.77. The van der Waals surface area contributed by atoms with Crippen LogP contribution >= 0.6 is 0 Å². The lowest BCUT2D eigenvalue weighted by Gasteiger charge is -2.21. The highest BCUT2D eigenvalue weighted by molar-refractivity contribution is 5.76. The van der Waals surface area contributed by atoms with Gasteiger partial charge in [-0.3, -0.25) is 10.3 Å². The molecule has 2 nitrogen and oxygen atoms in total. The molecule has 17 heavy (non-hydrogen) atoms. The Morgan fingerprint density at radius 1 is 1.12 bits per heavy atom. The van der Waals surface area contributed by atoms with Gasteiger partial charge in [-0.25, -0.2) is 0 Å². The average molecular weight is 259 g/mol. The molecule has 0 aromatic rings. The summed E-state index contributed by atoms with van der Waals surface area (Å²) in [4.78, 5) is 3.57. The topological polar surface area (TPSA) is 26.0 Å². The van der Waals surface area contributed by atoms with Crippen molar-refractivity contribution in [1.29, 1.82) is 0 Å². The standard InChI is InChI=1S/C14H26N2.ClH/c1-11(2)12-7-6-8-13(12)16-14-9-4-3-5-10-15-14;/h11-13H,3-10H2,1-2H3,(H,15,16);1H/t12-,13-;/m0./s1. The number of amidine groups is 1. The van der Waals surface area contributed by atoms with E-state index in [2.05, 4.69) is 24.2 Å². The van der Waals surface area contributed by atoms with Crippen LogP contribution in [-0.4, -0.2) is 18.4 Å². The number of halogens is 1. The zero-order valence-corrected chi connectivity index (χ0v) is 12.0. The molecule has 100 valence electrons. The van der Waals surface area contributed by atoms with Crippen LogP contribution in [0.25, 0.3) is 0 Å². The molecule has 1 heterocycles. The zero-order chi connectivity index (χ0) is 11.4. The predicted molar refractivity (Wildman–Crippen MR) is 68.4 cm³/mol. The van der Waals surface area contributed by atoms with E-state index in [-0.39, 0.29) is 12.4 Å². The van der Waals surface area contributed by atoms with Crippen molar-refractivity contribution < 1.29 is 17.4 Å². The number of nitrogens with one attached hydrogen (secondary N) is 2. The Morgan fingerprint density at radius 3 is 2.71 bits per heavy atom. The first-order valence-corrected chi connectivity index (χ1v) is 7.13. The van der Waals surface area contributed by atoms with Gasteiger partial charge >= 0.3 is 0 Å². The summed E-state index contributed by atoms with van der Waals surface area (Å²) in [5.74, 6) is 3.14. The minimum absolute atomic E-state index is 0. The maximum atomic E-state index is 3.79. The molecular formula is C14H27ClN2. The van der Waals surface area contributed by atoms with Crippen LogP contribution in [0.5, 0.6) is 0 Å². The molecular weight excluding hydrogens is 232 g/mol. The predicted octanol–water partition coefficient (Wildman–Crippen LogP) is -1.54. The maximum Gasteiger partial charge on any atom is 0.242 e. The minimum Gasteiger partial charge on any atom is -1.00 e. The van der Waals surface area contributed by atoms with Gasteiger partial charge in [-0.2, -0.15) is 0 Å². The van der Waals surface area contributed by atoms with Crippen molar-refractivity contribution in [2.45, 2.75) is 64.8 Å². The van der Waals surface area contributed by atoms with Gasteiger partial charge in [0.1, 0.15) is 0 Å². The van der Waals surface area contributed by atoms with E-state index in [4.69, 9.17) is 0 Å². The summed E-state index contributed by atoms with van der Waals surface area (Å²) in [5, 5.41) is 3.79. The molecule has 2 atom stereocenters. The van der Waals surface area contributed by atoms with E-state index in [0.29, 0.717) is 0 Å². The Bertz CT molecular complexity index is 251. The molecule has 1 aliphatic carbocycles. The Kier molecular flexibility index (Phi) is 6.32. The van der Waals surface area contributed by atoms with Crippen molar-refractivity contribution in [1.82, 2.24) is 5.32 Å². The smallest absolute Gasteiger partial charge is 0.242 e. The molecule has 0 unspecified atom stereocenters. The lowest BCUT2D eigenvalue weighted by atomic mass is 9.91. The van der Waals surface area contributed by atoms with Crippen molar-refractivity contribution in [2.24, 2.45) is 11.8 Å². The first-order valence-electron chi connectivity index (χ1n) is 7.13. The van der Waals surface area contributed by atoms with Crippen LogP contribution < -0.4 is 22.7 Å². The molecule has 0 aromatic carbocycles. The first kappa shape index (κ1) is 14.8. The van der Waals surface area contributed by atoms with E-state index in [1.807, 2.05) is 0 Å². The van der Waals surface area contributed by atoms with E-state index in [1.54, 1.807) is 0 Å². The van der Waals surface area contributed by atoms with Gasteiger partial charge in [0.2, 0.25) is 5.84 Å². The van der Waals surface area contributed by atoms with E-state index >= 15 is 0 Å². The zero-order valence-electron chi connectivity index (χ0n) is 11.3. The van der Waals surface area contributed by atoms with Gasteiger partial charge in [0.15, 0.2) is 0 Å². The molecule has 0 bridgehead atoms. The molecule has 3 heteroatoms. The third-order valence-corrected chi connectivity index (χ3v) is 4.23. The van der Waals surface area contributed by atoms with Crippen molar-refractivity contribution in [2.75, 3.05) is 6.54 Å². The fourth-order valence-corrected chi connectivity index (χ4v) is 3.24. The van der Waals surface area contributed by atoms with E-state index < -0.39 is 0 Å². The van der Waals surface area contributed by atoms with Crippen molar-refractivity contribution >= 4 is 5.84 Å². The Morgan fingerprint density at radius 2 is 1.94 bits per heavy atom. The fraction of sp³-hybridized carbons (Fsp3) is 0.929. The van der Waals surface area contributed by atoms with Crippen LogP contribution in [0.4, 0.5) is 0 Å². The van der Waals surface area contributed by atoms with Gasteiger partial charge in [-0.05, 0) is 44.4 Å². The number of hydrogen-bond acceptors (Lipinski definition) is 1. The van der Waals surface area contributed by atoms with Crippen LogP contribution in [0.2, 0.25) is 0 Å². The van der Waals surface area contributed by atoms with E-state index in [0.717, 1.165) is 17.9 Å². The van der Waals surface area contributed by atoms with Crippen molar-refractivity contribution in [3.63, 3.8) is 0 Å². The molecule has 1 aliphatic heterocycles. The van der Waals surface area contributed by atoms with Gasteiger partial charge < -0.3 is 12.4 Å². The molecule has 0 spiro atoms. The summed E-state index contributed by atoms with van der Waals surface area (Å²) < 4.78 is 0. The third kappa shape index (κ3) is 4.17. The normalized spacial score (nSPS) is 29.5. The quantitative estimate of drug-likeness (QED) is 0.617. The second-order valence-corrected chi connectivity index (χ2v) is 5.81. The summed E-state index contributed by atoms with van der Waals surface area (Å²) in [5.41, 5.74) is 0. The lowest BCUT2D eigenvalue weighted by Crippen LogP contribution is -3.00. The SMILES string of the molecule is CC(C)[C@@H]1CCC[C@@H]1NC1=[NH+]CCCCC1.[Cl-]. The highest BCUT2D eigenvalue weighted by atomic mass is 35.5. The molecule has 2 N–H and O–H groups in total. The summed E-state index contributed by atoms with van der Waals surface area (Å²) in [7, 11) is 0. The van der Waals surface area contributed by atoms with Crippen LogP contribution in [-0.2, 0) is 0 Å². The highest BCUT2D eigenvalue weighted by Gasteiger charge is 2.33. The maximum absolute atomic E-state index is 3.79. The van der Waals surface area contributed by atoms with E-state index in [9.17, 15) is 0 Å². The van der Waals surface area contributed by atoms with Gasteiger partial charge in [0.05, 0.1) is 12.6 Å². The summed E-state index contributed by atoms with van der Waals surface area (Å²) in [6.07, 6.45) is 9.51. The van der Waals surface area contributed by atoms with Gasteiger partial charge in [-0.1, -0.05) is 13.8 Å². The van der Waals surface area contributed by atoms with Crippen LogP contribution in [0, 0.1) is 11.8 Å². The minimum atomic E-state index is 0. The monoisotopic (exact) mass is 258 g/mol. The Labute approximate surface area is 112 Å². The van der Waals surface area contributed by atoms with Crippen molar-refractivity contribution in [3.05, 3.63) is 0 Å². The average Bonchev–Trinajstić information content (AvgIpc) is 2.55. The highest BCUT2D eigenvalue weighted by Crippen LogP contribution is 2.31. The summed E-state index contributed by atoms with van der Waals surface area (Å²) in [6, 6.07) is 0.737. The molecule has 0 amide bonds. The van der Waals surface area contributed by atoms with Crippen LogP contribution in [0.15, 0.2) is 0 Å².